The van der Waals surface area contributed by atoms with Crippen LogP contribution in [0.1, 0.15) is 25.7 Å². The molecule has 0 radical (unpaired) electrons. The van der Waals surface area contributed by atoms with E-state index in [1.165, 1.54) is 25.0 Å². The summed E-state index contributed by atoms with van der Waals surface area (Å²) in [5.41, 5.74) is 0.0740. The molecular weight excluding hydrogens is 232 g/mol. The fraction of sp³-hybridized carbons (Fsp3) is 0.538. The molecule has 1 aromatic rings. The molecule has 5 nitrogen and oxygen atoms in total. The minimum Gasteiger partial charge on any atom is -0.493 e. The van der Waals surface area contributed by atoms with Crippen LogP contribution in [0.25, 0.3) is 0 Å². The first-order chi connectivity index (χ1) is 8.75. The summed E-state index contributed by atoms with van der Waals surface area (Å²) >= 11 is 0. The van der Waals surface area contributed by atoms with Crippen molar-refractivity contribution in [3.05, 3.63) is 34.4 Å². The normalized spacial score (nSPS) is 18.8. The van der Waals surface area contributed by atoms with Crippen molar-refractivity contribution in [2.24, 2.45) is 0 Å². The molecule has 1 unspecified atom stereocenters. The average Bonchev–Trinajstić information content (AvgIpc) is 2.88. The maximum atomic E-state index is 10.6. The van der Waals surface area contributed by atoms with Crippen molar-refractivity contribution in [3.63, 3.8) is 0 Å². The van der Waals surface area contributed by atoms with Gasteiger partial charge in [0.25, 0.3) is 5.69 Å². The highest BCUT2D eigenvalue weighted by molar-refractivity contribution is 5.37. The first-order valence-corrected chi connectivity index (χ1v) is 6.36. The molecule has 0 aliphatic carbocycles. The number of nitro groups is 1. The van der Waals surface area contributed by atoms with Crippen LogP contribution in [0.5, 0.6) is 5.75 Å². The van der Waals surface area contributed by atoms with E-state index in [2.05, 4.69) is 5.32 Å². The Hall–Kier alpha value is -1.62. The number of hydrogen-bond donors (Lipinski definition) is 1. The standard InChI is InChI=1S/C13H18N2O3/c16-15(17)12-6-1-7-13(10-12)18-9-3-5-11-4-2-8-14-11/h1,6-7,10-11,14H,2-5,8-9H2. The highest BCUT2D eigenvalue weighted by Gasteiger charge is 2.13. The molecule has 1 N–H and O–H groups in total. The van der Waals surface area contributed by atoms with Gasteiger partial charge < -0.3 is 10.1 Å². The lowest BCUT2D eigenvalue weighted by molar-refractivity contribution is -0.384. The second kappa shape index (κ2) is 6.35. The summed E-state index contributed by atoms with van der Waals surface area (Å²) in [6.45, 7) is 1.73. The smallest absolute Gasteiger partial charge is 0.273 e. The van der Waals surface area contributed by atoms with Crippen molar-refractivity contribution >= 4 is 5.69 Å². The van der Waals surface area contributed by atoms with Crippen LogP contribution in [-0.4, -0.2) is 24.1 Å². The number of non-ortho nitro benzene ring substituents is 1. The van der Waals surface area contributed by atoms with Crippen molar-refractivity contribution in [1.29, 1.82) is 0 Å². The van der Waals surface area contributed by atoms with E-state index in [0.717, 1.165) is 19.4 Å². The van der Waals surface area contributed by atoms with Gasteiger partial charge in [0, 0.05) is 12.1 Å². The Morgan fingerprint density at radius 3 is 3.11 bits per heavy atom. The van der Waals surface area contributed by atoms with Crippen molar-refractivity contribution in [3.8, 4) is 5.75 Å². The van der Waals surface area contributed by atoms with Crippen molar-refractivity contribution in [1.82, 2.24) is 5.32 Å². The zero-order valence-corrected chi connectivity index (χ0v) is 10.3. The van der Waals surface area contributed by atoms with Gasteiger partial charge in [-0.05, 0) is 38.3 Å². The fourth-order valence-corrected chi connectivity index (χ4v) is 2.21. The molecule has 5 heteroatoms. The Balaban J connectivity index is 1.72. The highest BCUT2D eigenvalue weighted by Crippen LogP contribution is 2.19. The summed E-state index contributed by atoms with van der Waals surface area (Å²) in [6.07, 6.45) is 4.59. The zero-order valence-electron chi connectivity index (χ0n) is 10.3. The minimum absolute atomic E-state index is 0.0740. The van der Waals surface area contributed by atoms with Gasteiger partial charge in [-0.25, -0.2) is 0 Å². The van der Waals surface area contributed by atoms with E-state index in [4.69, 9.17) is 4.74 Å². The molecule has 0 saturated carbocycles. The van der Waals surface area contributed by atoms with Crippen LogP contribution >= 0.6 is 0 Å². The number of benzene rings is 1. The van der Waals surface area contributed by atoms with Gasteiger partial charge in [0.2, 0.25) is 0 Å². The lowest BCUT2D eigenvalue weighted by Crippen LogP contribution is -2.21. The van der Waals surface area contributed by atoms with E-state index >= 15 is 0 Å². The van der Waals surface area contributed by atoms with Crippen LogP contribution in [0.3, 0.4) is 0 Å². The second-order valence-electron chi connectivity index (χ2n) is 4.54. The third-order valence-electron chi connectivity index (χ3n) is 3.16. The van der Waals surface area contributed by atoms with Crippen LogP contribution in [-0.2, 0) is 0 Å². The molecule has 18 heavy (non-hydrogen) atoms. The summed E-state index contributed by atoms with van der Waals surface area (Å²) in [6, 6.07) is 6.95. The molecule has 1 aliphatic heterocycles. The Labute approximate surface area is 106 Å². The van der Waals surface area contributed by atoms with Gasteiger partial charge in [-0.2, -0.15) is 0 Å². The summed E-state index contributed by atoms with van der Waals surface area (Å²) in [5.74, 6) is 0.573. The zero-order chi connectivity index (χ0) is 12.8. The summed E-state index contributed by atoms with van der Waals surface area (Å²) in [4.78, 5) is 10.2. The van der Waals surface area contributed by atoms with E-state index in [-0.39, 0.29) is 5.69 Å². The largest absolute Gasteiger partial charge is 0.493 e. The van der Waals surface area contributed by atoms with Gasteiger partial charge >= 0.3 is 0 Å². The summed E-state index contributed by atoms with van der Waals surface area (Å²) in [7, 11) is 0. The van der Waals surface area contributed by atoms with Gasteiger partial charge in [-0.3, -0.25) is 10.1 Å². The lowest BCUT2D eigenvalue weighted by atomic mass is 10.1. The van der Waals surface area contributed by atoms with Gasteiger partial charge in [0.05, 0.1) is 17.6 Å². The number of rotatable bonds is 6. The van der Waals surface area contributed by atoms with Crippen molar-refractivity contribution < 1.29 is 9.66 Å². The Morgan fingerprint density at radius 2 is 2.39 bits per heavy atom. The molecule has 1 atom stereocenters. The SMILES string of the molecule is O=[N+]([O-])c1cccc(OCCCC2CCCN2)c1. The van der Waals surface area contributed by atoms with Gasteiger partial charge in [0.1, 0.15) is 5.75 Å². The minimum atomic E-state index is -0.407. The predicted octanol–water partition coefficient (Wildman–Crippen LogP) is 2.51. The topological polar surface area (TPSA) is 64.4 Å². The Morgan fingerprint density at radius 1 is 1.50 bits per heavy atom. The molecule has 1 aromatic carbocycles. The molecule has 1 saturated heterocycles. The predicted molar refractivity (Wildman–Crippen MR) is 68.9 cm³/mol. The molecule has 0 spiro atoms. The molecule has 98 valence electrons. The first kappa shape index (κ1) is 12.8. The Bertz CT molecular complexity index is 403. The molecule has 0 amide bonds. The summed E-state index contributed by atoms with van der Waals surface area (Å²) < 4.78 is 5.52. The van der Waals surface area contributed by atoms with Crippen LogP contribution in [0.4, 0.5) is 5.69 Å². The quantitative estimate of drug-likeness (QED) is 0.478. The van der Waals surface area contributed by atoms with E-state index in [0.29, 0.717) is 18.4 Å². The summed E-state index contributed by atoms with van der Waals surface area (Å²) in [5, 5.41) is 14.0. The monoisotopic (exact) mass is 250 g/mol. The average molecular weight is 250 g/mol. The van der Waals surface area contributed by atoms with Gasteiger partial charge in [-0.15, -0.1) is 0 Å². The third kappa shape index (κ3) is 3.70. The van der Waals surface area contributed by atoms with Crippen molar-refractivity contribution in [2.75, 3.05) is 13.2 Å². The van der Waals surface area contributed by atoms with Crippen LogP contribution in [0.2, 0.25) is 0 Å². The highest BCUT2D eigenvalue weighted by atomic mass is 16.6. The van der Waals surface area contributed by atoms with Crippen molar-refractivity contribution in [2.45, 2.75) is 31.7 Å². The fourth-order valence-electron chi connectivity index (χ4n) is 2.21. The number of ether oxygens (including phenoxy) is 1. The van der Waals surface area contributed by atoms with E-state index in [1.54, 1.807) is 12.1 Å². The molecule has 0 bridgehead atoms. The maximum Gasteiger partial charge on any atom is 0.273 e. The molecular formula is C13H18N2O3. The van der Waals surface area contributed by atoms with Crippen LogP contribution < -0.4 is 10.1 Å². The number of nitrogens with one attached hydrogen (secondary N) is 1. The maximum absolute atomic E-state index is 10.6. The molecule has 2 rings (SSSR count). The van der Waals surface area contributed by atoms with Crippen LogP contribution in [0, 0.1) is 10.1 Å². The van der Waals surface area contributed by atoms with E-state index in [1.807, 2.05) is 0 Å². The second-order valence-corrected chi connectivity index (χ2v) is 4.54. The van der Waals surface area contributed by atoms with E-state index < -0.39 is 4.92 Å². The first-order valence-electron chi connectivity index (χ1n) is 6.36. The van der Waals surface area contributed by atoms with Crippen LogP contribution in [0.15, 0.2) is 24.3 Å². The lowest BCUT2D eigenvalue weighted by Gasteiger charge is -2.10. The number of nitro benzene ring substituents is 1. The molecule has 1 fully saturated rings. The molecule has 1 heterocycles. The third-order valence-corrected chi connectivity index (χ3v) is 3.16. The Kier molecular flexibility index (Phi) is 4.52. The van der Waals surface area contributed by atoms with Gasteiger partial charge in [-0.1, -0.05) is 6.07 Å². The molecule has 1 aliphatic rings. The number of nitrogens with zero attached hydrogens (tertiary/aromatic N) is 1. The van der Waals surface area contributed by atoms with E-state index in [9.17, 15) is 10.1 Å². The molecule has 0 aromatic heterocycles. The number of hydrogen-bond acceptors (Lipinski definition) is 4. The van der Waals surface area contributed by atoms with Gasteiger partial charge in [0.15, 0.2) is 0 Å².